The van der Waals surface area contributed by atoms with Crippen molar-refractivity contribution in [3.8, 4) is 17.3 Å². The highest BCUT2D eigenvalue weighted by atomic mass is 16.6. The second-order valence-electron chi connectivity index (χ2n) is 7.14. The molecule has 0 radical (unpaired) electrons. The van der Waals surface area contributed by atoms with Gasteiger partial charge in [0.2, 0.25) is 5.95 Å². The van der Waals surface area contributed by atoms with E-state index in [9.17, 15) is 4.79 Å². The van der Waals surface area contributed by atoms with Gasteiger partial charge in [-0.05, 0) is 32.9 Å². The van der Waals surface area contributed by atoms with E-state index >= 15 is 0 Å². The number of carbonyl (C=O) groups excluding carboxylic acids is 1. The summed E-state index contributed by atoms with van der Waals surface area (Å²) in [6.07, 6.45) is 2.84. The molecule has 2 aromatic heterocycles. The number of amides is 1. The summed E-state index contributed by atoms with van der Waals surface area (Å²) < 4.78 is 5.41. The maximum absolute atomic E-state index is 12.2. The van der Waals surface area contributed by atoms with Crippen LogP contribution in [-0.2, 0) is 4.74 Å². The average molecular weight is 367 g/mol. The summed E-state index contributed by atoms with van der Waals surface area (Å²) in [4.78, 5) is 24.4. The van der Waals surface area contributed by atoms with Crippen molar-refractivity contribution < 1.29 is 9.53 Å². The maximum Gasteiger partial charge on any atom is 0.410 e. The highest BCUT2D eigenvalue weighted by molar-refractivity contribution is 5.68. The van der Waals surface area contributed by atoms with E-state index in [4.69, 9.17) is 10.00 Å². The molecule has 3 heterocycles. The largest absolute Gasteiger partial charge is 0.444 e. The van der Waals surface area contributed by atoms with Crippen molar-refractivity contribution in [2.75, 3.05) is 31.1 Å². The predicted molar refractivity (Wildman–Crippen MR) is 97.8 cm³/mol. The fourth-order valence-corrected chi connectivity index (χ4v) is 2.59. The number of hydrogen-bond donors (Lipinski definition) is 0. The summed E-state index contributed by atoms with van der Waals surface area (Å²) in [6, 6.07) is 5.40. The Morgan fingerprint density at radius 3 is 2.52 bits per heavy atom. The number of ether oxygens (including phenoxy) is 1. The van der Waals surface area contributed by atoms with Crippen LogP contribution in [0.5, 0.6) is 0 Å². The van der Waals surface area contributed by atoms with Gasteiger partial charge in [0.1, 0.15) is 17.4 Å². The molecule has 1 aliphatic rings. The molecule has 1 saturated heterocycles. The van der Waals surface area contributed by atoms with Gasteiger partial charge in [-0.3, -0.25) is 0 Å². The number of nitrogens with zero attached hydrogens (tertiary/aromatic N) is 7. The molecule has 0 unspecified atom stereocenters. The zero-order valence-electron chi connectivity index (χ0n) is 15.6. The van der Waals surface area contributed by atoms with Crippen LogP contribution in [0.25, 0.3) is 11.3 Å². The lowest BCUT2D eigenvalue weighted by atomic mass is 10.2. The monoisotopic (exact) mass is 367 g/mol. The van der Waals surface area contributed by atoms with E-state index in [1.54, 1.807) is 29.4 Å². The van der Waals surface area contributed by atoms with E-state index in [0.717, 1.165) is 5.56 Å². The quantitative estimate of drug-likeness (QED) is 0.791. The van der Waals surface area contributed by atoms with Gasteiger partial charge in [0.25, 0.3) is 0 Å². The van der Waals surface area contributed by atoms with Crippen molar-refractivity contribution in [3.63, 3.8) is 0 Å². The standard InChI is InChI=1S/C18H21N7O2/c1-18(2,3)27-17(26)25-8-6-24(7-9-25)16-22-15(12-21-23-16)13-4-5-14(10-19)20-11-13/h4-5,11-12H,6-9H2,1-3H3. The summed E-state index contributed by atoms with van der Waals surface area (Å²) in [5.41, 5.74) is 1.23. The van der Waals surface area contributed by atoms with Gasteiger partial charge >= 0.3 is 6.09 Å². The number of hydrogen-bond acceptors (Lipinski definition) is 8. The Bertz CT molecular complexity index is 847. The lowest BCUT2D eigenvalue weighted by Gasteiger charge is -2.35. The Hall–Kier alpha value is -3.28. The Balaban J connectivity index is 1.66. The molecule has 1 aliphatic heterocycles. The van der Waals surface area contributed by atoms with Crippen LogP contribution in [0.4, 0.5) is 10.7 Å². The minimum atomic E-state index is -0.509. The predicted octanol–water partition coefficient (Wildman–Crippen LogP) is 1.86. The topological polar surface area (TPSA) is 108 Å². The van der Waals surface area contributed by atoms with Crippen molar-refractivity contribution in [3.05, 3.63) is 30.2 Å². The normalized spacial score (nSPS) is 14.6. The summed E-state index contributed by atoms with van der Waals surface area (Å²) >= 11 is 0. The zero-order chi connectivity index (χ0) is 19.4. The van der Waals surface area contributed by atoms with Gasteiger partial charge in [-0.2, -0.15) is 10.4 Å². The molecule has 0 bridgehead atoms. The molecule has 1 amide bonds. The molecule has 27 heavy (non-hydrogen) atoms. The molecule has 3 rings (SSSR count). The van der Waals surface area contributed by atoms with E-state index in [-0.39, 0.29) is 6.09 Å². The summed E-state index contributed by atoms with van der Waals surface area (Å²) in [5, 5.41) is 17.0. The Kier molecular flexibility index (Phi) is 5.16. The minimum absolute atomic E-state index is 0.307. The molecule has 2 aromatic rings. The average Bonchev–Trinajstić information content (AvgIpc) is 2.67. The summed E-state index contributed by atoms with van der Waals surface area (Å²) in [5.74, 6) is 0.501. The molecule has 0 spiro atoms. The fraction of sp³-hybridized carbons (Fsp3) is 0.444. The van der Waals surface area contributed by atoms with Crippen LogP contribution in [-0.4, -0.2) is 62.9 Å². The van der Waals surface area contributed by atoms with Crippen LogP contribution in [0.2, 0.25) is 0 Å². The number of aromatic nitrogens is 4. The van der Waals surface area contributed by atoms with Crippen molar-refractivity contribution >= 4 is 12.0 Å². The third kappa shape index (κ3) is 4.67. The van der Waals surface area contributed by atoms with Gasteiger partial charge in [-0.15, -0.1) is 5.10 Å². The smallest absolute Gasteiger partial charge is 0.410 e. The first-order chi connectivity index (χ1) is 12.9. The van der Waals surface area contributed by atoms with Gasteiger partial charge in [-0.1, -0.05) is 0 Å². The van der Waals surface area contributed by atoms with Crippen LogP contribution in [0.1, 0.15) is 26.5 Å². The van der Waals surface area contributed by atoms with Crippen LogP contribution < -0.4 is 4.90 Å². The van der Waals surface area contributed by atoms with Gasteiger partial charge in [0.05, 0.1) is 11.9 Å². The van der Waals surface area contributed by atoms with Crippen LogP contribution in [0.3, 0.4) is 0 Å². The molecule has 9 nitrogen and oxygen atoms in total. The Morgan fingerprint density at radius 1 is 1.19 bits per heavy atom. The van der Waals surface area contributed by atoms with Crippen LogP contribution in [0.15, 0.2) is 24.5 Å². The van der Waals surface area contributed by atoms with Gasteiger partial charge in [-0.25, -0.2) is 14.8 Å². The SMILES string of the molecule is CC(C)(C)OC(=O)N1CCN(c2nncc(-c3ccc(C#N)nc3)n2)CC1. The third-order valence-electron chi connectivity index (χ3n) is 3.94. The molecular formula is C18H21N7O2. The van der Waals surface area contributed by atoms with E-state index in [0.29, 0.717) is 43.5 Å². The lowest BCUT2D eigenvalue weighted by molar-refractivity contribution is 0.0240. The van der Waals surface area contributed by atoms with Gasteiger partial charge < -0.3 is 14.5 Å². The Labute approximate surface area is 157 Å². The fourth-order valence-electron chi connectivity index (χ4n) is 2.59. The Morgan fingerprint density at radius 2 is 1.93 bits per heavy atom. The second-order valence-corrected chi connectivity index (χ2v) is 7.14. The van der Waals surface area contributed by atoms with Crippen LogP contribution in [0, 0.1) is 11.3 Å². The molecule has 140 valence electrons. The third-order valence-corrected chi connectivity index (χ3v) is 3.94. The van der Waals surface area contributed by atoms with Crippen molar-refractivity contribution in [1.29, 1.82) is 5.26 Å². The van der Waals surface area contributed by atoms with Crippen molar-refractivity contribution in [2.24, 2.45) is 0 Å². The summed E-state index contributed by atoms with van der Waals surface area (Å²) in [6.45, 7) is 7.80. The van der Waals surface area contributed by atoms with Crippen molar-refractivity contribution in [1.82, 2.24) is 25.1 Å². The highest BCUT2D eigenvalue weighted by Crippen LogP contribution is 2.19. The first-order valence-corrected chi connectivity index (χ1v) is 8.65. The molecule has 0 atom stereocenters. The molecule has 0 saturated carbocycles. The van der Waals surface area contributed by atoms with E-state index in [1.807, 2.05) is 31.7 Å². The first kappa shape index (κ1) is 18.5. The minimum Gasteiger partial charge on any atom is -0.444 e. The van der Waals surface area contributed by atoms with E-state index < -0.39 is 5.60 Å². The van der Waals surface area contributed by atoms with Gasteiger partial charge in [0, 0.05) is 37.9 Å². The second kappa shape index (κ2) is 7.53. The molecule has 0 aromatic carbocycles. The van der Waals surface area contributed by atoms with E-state index in [1.165, 1.54) is 0 Å². The molecule has 9 heteroatoms. The van der Waals surface area contributed by atoms with Crippen LogP contribution >= 0.6 is 0 Å². The molecule has 0 N–H and O–H groups in total. The first-order valence-electron chi connectivity index (χ1n) is 8.65. The molecule has 1 fully saturated rings. The highest BCUT2D eigenvalue weighted by Gasteiger charge is 2.27. The molecular weight excluding hydrogens is 346 g/mol. The molecule has 0 aliphatic carbocycles. The number of anilines is 1. The number of rotatable bonds is 2. The summed E-state index contributed by atoms with van der Waals surface area (Å²) in [7, 11) is 0. The number of piperazine rings is 1. The number of carbonyl (C=O) groups is 1. The number of pyridine rings is 1. The maximum atomic E-state index is 12.2. The van der Waals surface area contributed by atoms with E-state index in [2.05, 4.69) is 20.2 Å². The zero-order valence-corrected chi connectivity index (χ0v) is 15.6. The lowest BCUT2D eigenvalue weighted by Crippen LogP contribution is -2.50. The van der Waals surface area contributed by atoms with Gasteiger partial charge in [0.15, 0.2) is 0 Å². The van der Waals surface area contributed by atoms with Crippen molar-refractivity contribution in [2.45, 2.75) is 26.4 Å². The number of nitriles is 1.